The summed E-state index contributed by atoms with van der Waals surface area (Å²) in [5.74, 6) is -1.12. The molecule has 17 N–H and O–H groups in total. The Morgan fingerprint density at radius 1 is 0.338 bits per heavy atom. The fraction of sp³-hybridized carbons (Fsp3) is 0.0990. The Labute approximate surface area is 869 Å². The largest absolute Gasteiger partial charge is 0.331 e. The van der Waals surface area contributed by atoms with Crippen molar-refractivity contribution < 1.29 is 70.4 Å². The Kier molecular flexibility index (Phi) is 38.0. The molecule has 5 heterocycles. The van der Waals surface area contributed by atoms with Crippen molar-refractivity contribution in [1.82, 2.24) is 48.9 Å². The number of aryl methyl sites for hydroxylation is 5. The van der Waals surface area contributed by atoms with Gasteiger partial charge in [-0.2, -0.15) is 31.4 Å². The lowest BCUT2D eigenvalue weighted by Crippen LogP contribution is -2.19. The van der Waals surface area contributed by atoms with Crippen LogP contribution in [0.3, 0.4) is 0 Å². The Morgan fingerprint density at radius 3 is 0.899 bits per heavy atom. The lowest BCUT2D eigenvalue weighted by atomic mass is 10.1. The maximum absolute atomic E-state index is 13.8. The normalized spacial score (nSPS) is 10.4. The molecule has 47 heteroatoms. The predicted molar refractivity (Wildman–Crippen MR) is 564 cm³/mol. The second-order valence-electron chi connectivity index (χ2n) is 31.6. The van der Waals surface area contributed by atoms with E-state index in [1.807, 2.05) is 12.1 Å². The summed E-state index contributed by atoms with van der Waals surface area (Å²) in [4.78, 5) is 134. The van der Waals surface area contributed by atoms with Crippen molar-refractivity contribution in [3.63, 3.8) is 0 Å². The fourth-order valence-corrected chi connectivity index (χ4v) is 14.5. The number of rotatable bonds is 28. The van der Waals surface area contributed by atoms with E-state index in [9.17, 15) is 61.1 Å². The molecule has 0 bridgehead atoms. The van der Waals surface area contributed by atoms with Crippen LogP contribution in [0.15, 0.2) is 259 Å². The zero-order valence-electron chi connectivity index (χ0n) is 79.6. The van der Waals surface area contributed by atoms with E-state index in [2.05, 4.69) is 109 Å². The quantitative estimate of drug-likeness (QED) is 0.00712. The summed E-state index contributed by atoms with van der Waals surface area (Å²) in [6, 6.07) is 55.6. The number of halogens is 7. The lowest BCUT2D eigenvalue weighted by molar-refractivity contribution is -0.195. The molecular weight excluding hydrogens is 2060 g/mol. The Bertz CT molecular complexity index is 7530. The Hall–Kier alpha value is -17.8. The molecule has 39 nitrogen and oxygen atoms in total. The van der Waals surface area contributed by atoms with Crippen LogP contribution in [0.25, 0.3) is 4.85 Å². The van der Waals surface area contributed by atoms with Crippen molar-refractivity contribution in [3.8, 4) is 0 Å². The van der Waals surface area contributed by atoms with Crippen molar-refractivity contribution in [1.29, 1.82) is 27.0 Å². The SMILES string of the molecule is CC(=N)c1ccc(C(=O)Nc2c(C(=O)Nc3ccc(Br)cc3)cnn2C)cc1.CC(=N)c1ccc(C(=O)Nc2c(C(=O)Nc3ccc(Cl)cc3SOON)cnn2C)cc1.CC(=N)c1ccc(C(=O)Nc2c(C(=O)Nc3ccc(F)cc3Cl)cnn2C)cc1.CC(=N)c1ccc(C(=O)Nc2c(C(=O)Nc3ccc(F)cc3F)cnn2C)cc1.[C-]#[N+]c1cc(Cl)ccc1NC(=O)c1cnn(C)c1NC(=O)c1ccc(C(C)=N)cc1. The average molecular weight is 2150 g/mol. The molecule has 15 rings (SSSR count). The molecule has 0 unspecified atom stereocenters. The number of hydrogen-bond donors (Lipinski definition) is 16. The van der Waals surface area contributed by atoms with Crippen molar-refractivity contribution in [3.05, 3.63) is 381 Å². The van der Waals surface area contributed by atoms with E-state index in [-0.39, 0.29) is 85.0 Å². The lowest BCUT2D eigenvalue weighted by Gasteiger charge is -2.12. The number of nitrogens with two attached hydrogens (primary N) is 1. The number of nitrogens with one attached hydrogen (secondary N) is 15. The molecule has 0 atom stereocenters. The van der Waals surface area contributed by atoms with E-state index in [4.69, 9.17) is 74.3 Å². The summed E-state index contributed by atoms with van der Waals surface area (Å²) in [6.45, 7) is 15.5. The summed E-state index contributed by atoms with van der Waals surface area (Å²) in [7, 11) is 7.96. The minimum absolute atomic E-state index is 0.0107. The third-order valence-electron chi connectivity index (χ3n) is 21.1. The predicted octanol–water partition coefficient (Wildman–Crippen LogP) is 20.1. The molecule has 0 saturated carbocycles. The number of carbonyl (C=O) groups excluding carboxylic acids is 10. The van der Waals surface area contributed by atoms with Crippen LogP contribution in [0, 0.1) is 51.1 Å². The molecule has 0 fully saturated rings. The number of carbonyl (C=O) groups is 10. The van der Waals surface area contributed by atoms with Gasteiger partial charge in [0.2, 0.25) is 5.69 Å². The van der Waals surface area contributed by atoms with Gasteiger partial charge in [0.05, 0.1) is 76.6 Å². The van der Waals surface area contributed by atoms with Crippen molar-refractivity contribution in [2.75, 3.05) is 53.2 Å². The van der Waals surface area contributed by atoms with Crippen molar-refractivity contribution >= 4 is 214 Å². The van der Waals surface area contributed by atoms with Gasteiger partial charge in [-0.1, -0.05) is 111 Å². The van der Waals surface area contributed by atoms with Crippen LogP contribution in [0.5, 0.6) is 0 Å². The summed E-state index contributed by atoms with van der Waals surface area (Å²) < 4.78 is 52.4. The number of aromatic nitrogens is 10. The van der Waals surface area contributed by atoms with Gasteiger partial charge < -0.3 is 80.2 Å². The highest BCUT2D eigenvalue weighted by atomic mass is 79.9. The second kappa shape index (κ2) is 50.9. The minimum atomic E-state index is -0.922. The van der Waals surface area contributed by atoms with Crippen LogP contribution in [-0.2, 0) is 44.6 Å². The first-order valence-electron chi connectivity index (χ1n) is 43.3. The Morgan fingerprint density at radius 2 is 0.601 bits per heavy atom. The van der Waals surface area contributed by atoms with Gasteiger partial charge in [0, 0.05) is 124 Å². The molecule has 0 aliphatic carbocycles. The number of benzene rings is 10. The number of amides is 10. The molecule has 0 aliphatic heterocycles. The van der Waals surface area contributed by atoms with Gasteiger partial charge >= 0.3 is 0 Å². The minimum Gasteiger partial charge on any atom is -0.331 e. The van der Waals surface area contributed by atoms with E-state index in [0.29, 0.717) is 123 Å². The number of anilines is 10. The maximum atomic E-state index is 13.8. The van der Waals surface area contributed by atoms with Crippen LogP contribution in [-0.4, -0.2) is 137 Å². The monoisotopic (exact) mass is 2140 g/mol. The van der Waals surface area contributed by atoms with Crippen molar-refractivity contribution in [2.45, 2.75) is 39.5 Å². The van der Waals surface area contributed by atoms with Gasteiger partial charge in [-0.05, 0) is 214 Å². The van der Waals surface area contributed by atoms with Crippen LogP contribution in [0.1, 0.15) is 166 Å². The Balaban J connectivity index is 0.000000176. The number of hydrogen-bond acceptors (Lipinski definition) is 24. The molecule has 148 heavy (non-hydrogen) atoms. The van der Waals surface area contributed by atoms with Crippen LogP contribution in [0.4, 0.5) is 76.4 Å². The summed E-state index contributed by atoms with van der Waals surface area (Å²) in [6.07, 6.45) is 6.62. The van der Waals surface area contributed by atoms with E-state index in [0.717, 1.165) is 40.3 Å². The van der Waals surface area contributed by atoms with Gasteiger partial charge in [0.1, 0.15) is 74.4 Å². The second-order valence-corrected chi connectivity index (χ2v) is 34.6. The first-order chi connectivity index (χ1) is 70.4. The van der Waals surface area contributed by atoms with E-state index in [1.54, 1.807) is 221 Å². The molecule has 754 valence electrons. The van der Waals surface area contributed by atoms with Crippen LogP contribution >= 0.6 is 62.8 Å². The van der Waals surface area contributed by atoms with Gasteiger partial charge in [-0.15, -0.1) is 9.32 Å². The molecule has 10 amide bonds. The summed E-state index contributed by atoms with van der Waals surface area (Å²) in [5, 5.41) is 85.6. The van der Waals surface area contributed by atoms with Gasteiger partial charge in [0.25, 0.3) is 59.1 Å². The van der Waals surface area contributed by atoms with Crippen LogP contribution in [0.2, 0.25) is 15.1 Å². The zero-order chi connectivity index (χ0) is 108. The van der Waals surface area contributed by atoms with Crippen LogP contribution < -0.4 is 59.1 Å². The van der Waals surface area contributed by atoms with Gasteiger partial charge in [-0.25, -0.2) is 18.0 Å². The number of nitrogens with zero attached hydrogens (tertiary/aromatic N) is 11. The molecule has 0 saturated heterocycles. The molecule has 5 aromatic heterocycles. The molecular formula is C101H88BrCl3F3N27O12S. The molecule has 0 spiro atoms. The standard InChI is InChI=1S/C21H17ClN6O2.C20H18BrN5O2.C20H17ClFN5O2.C20H19ClN6O4S.C20H17F2N5O2/c1-12(23)13-4-6-14(7-5-13)20(29)27-19-16(11-25-28(19)3)21(30)26-17-9-8-15(22)10-18(17)24-2;1-12(22)13-3-5-14(6-4-13)19(27)25-18-17(11-23-26(18)2)20(28)24-16-9-7-15(21)8-10-16;1-11(23)12-3-5-13(6-4-12)19(28)26-18-15(10-24-27(18)2)20(29)25-17-8-7-14(22)9-16(17)21;1-11(22)12-3-5-13(6-4-12)19(28)26-18-15(10-24-27(18)2)20(29)25-16-8-7-14(21)9-17(16)32-31-30-23;1-11(23)12-3-5-13(6-4-12)19(28)26-18-15(10-24-27(18)2)20(29)25-17-8-7-14(21)9-16(17)22/h4-11,23H,1,3H3,(H,26,30)(H,27,29);3-11,22H,1-2H3,(H,24,28)(H,25,27);3-10,23H,1-2H3,(H,25,29)(H,26,28);3-10,22H,23H2,1-2H3,(H,25,29)(H,26,28);3-10,23H,1-2H3,(H,25,29)(H,26,28). The van der Waals surface area contributed by atoms with E-state index in [1.165, 1.54) is 85.7 Å². The highest BCUT2D eigenvalue weighted by Gasteiger charge is 2.28. The third kappa shape index (κ3) is 29.5. The molecule has 15 aromatic rings. The van der Waals surface area contributed by atoms with Crippen molar-refractivity contribution in [2.24, 2.45) is 41.1 Å². The molecule has 0 aliphatic rings. The highest BCUT2D eigenvalue weighted by molar-refractivity contribution is 9.10. The first kappa shape index (κ1) is 111. The topological polar surface area (TPSA) is 548 Å². The third-order valence-corrected chi connectivity index (χ3v) is 23.1. The van der Waals surface area contributed by atoms with E-state index >= 15 is 0 Å². The average Bonchev–Trinajstić information content (AvgIpc) is 1.67. The van der Waals surface area contributed by atoms with E-state index < -0.39 is 64.7 Å². The maximum Gasteiger partial charge on any atom is 0.261 e. The smallest absolute Gasteiger partial charge is 0.261 e. The zero-order valence-corrected chi connectivity index (χ0v) is 84.3. The highest BCUT2D eigenvalue weighted by Crippen LogP contribution is 2.35. The molecule has 10 aromatic carbocycles. The van der Waals surface area contributed by atoms with Gasteiger partial charge in [0.15, 0.2) is 0 Å². The molecule has 0 radical (unpaired) electrons. The first-order valence-corrected chi connectivity index (χ1v) is 46.0. The summed E-state index contributed by atoms with van der Waals surface area (Å²) >= 11 is 21.9. The summed E-state index contributed by atoms with van der Waals surface area (Å²) in [5.41, 5.74) is 9.63. The van der Waals surface area contributed by atoms with Gasteiger partial charge in [-0.3, -0.25) is 71.4 Å². The fourth-order valence-electron chi connectivity index (χ4n) is 13.1.